The van der Waals surface area contributed by atoms with Gasteiger partial charge in [-0.2, -0.15) is 5.10 Å². The van der Waals surface area contributed by atoms with Crippen LogP contribution in [0, 0.1) is 13.8 Å². The number of rotatable bonds is 6. The molecular weight excluding hydrogens is 346 g/mol. The lowest BCUT2D eigenvalue weighted by atomic mass is 9.99. The zero-order valence-electron chi connectivity index (χ0n) is 15.0. The molecule has 0 aliphatic heterocycles. The van der Waals surface area contributed by atoms with E-state index in [-0.39, 0.29) is 0 Å². The second kappa shape index (κ2) is 7.75. The summed E-state index contributed by atoms with van der Waals surface area (Å²) >= 11 is 6.04. The minimum atomic E-state index is -0.453. The highest BCUT2D eigenvalue weighted by molar-refractivity contribution is 6.30. The van der Waals surface area contributed by atoms with E-state index < -0.39 is 5.91 Å². The van der Waals surface area contributed by atoms with Crippen LogP contribution in [-0.2, 0) is 19.3 Å². The van der Waals surface area contributed by atoms with E-state index in [4.69, 9.17) is 17.3 Å². The van der Waals surface area contributed by atoms with Crippen molar-refractivity contribution in [1.82, 2.24) is 10.2 Å². The molecule has 0 bridgehead atoms. The number of nitrogens with two attached hydrogens (primary N) is 1. The monoisotopic (exact) mass is 367 g/mol. The molecule has 5 heteroatoms. The van der Waals surface area contributed by atoms with Crippen LogP contribution >= 0.6 is 11.6 Å². The number of hydrogen-bond donors (Lipinski definition) is 2. The predicted octanol–water partition coefficient (Wildman–Crippen LogP) is 4.15. The SMILES string of the molecule is Cc1cc(C)cc(CCc2n[nH]c(Cc3cccc(Cl)c3)c2C(N)=O)c1. The van der Waals surface area contributed by atoms with Gasteiger partial charge in [0.2, 0.25) is 0 Å². The van der Waals surface area contributed by atoms with E-state index in [0.717, 1.165) is 17.7 Å². The fraction of sp³-hybridized carbons (Fsp3) is 0.238. The van der Waals surface area contributed by atoms with Crippen LogP contribution < -0.4 is 5.73 Å². The van der Waals surface area contributed by atoms with Gasteiger partial charge < -0.3 is 5.73 Å². The molecule has 0 aliphatic carbocycles. The van der Waals surface area contributed by atoms with Gasteiger partial charge in [-0.15, -0.1) is 0 Å². The van der Waals surface area contributed by atoms with Crippen molar-refractivity contribution in [2.45, 2.75) is 33.1 Å². The summed E-state index contributed by atoms with van der Waals surface area (Å²) in [7, 11) is 0. The van der Waals surface area contributed by atoms with Crippen LogP contribution in [0.2, 0.25) is 5.02 Å². The van der Waals surface area contributed by atoms with Gasteiger partial charge in [0.05, 0.1) is 17.0 Å². The Morgan fingerprint density at radius 1 is 1.08 bits per heavy atom. The van der Waals surface area contributed by atoms with Crippen molar-refractivity contribution < 1.29 is 4.79 Å². The number of aromatic amines is 1. The summed E-state index contributed by atoms with van der Waals surface area (Å²) in [6, 6.07) is 14.0. The number of hydrogen-bond acceptors (Lipinski definition) is 2. The number of halogens is 1. The highest BCUT2D eigenvalue weighted by atomic mass is 35.5. The van der Waals surface area contributed by atoms with Crippen molar-refractivity contribution in [1.29, 1.82) is 0 Å². The molecule has 0 fully saturated rings. The van der Waals surface area contributed by atoms with Crippen LogP contribution in [-0.4, -0.2) is 16.1 Å². The lowest BCUT2D eigenvalue weighted by molar-refractivity contribution is 0.0998. The van der Waals surface area contributed by atoms with E-state index in [0.29, 0.717) is 29.1 Å². The van der Waals surface area contributed by atoms with Gasteiger partial charge >= 0.3 is 0 Å². The lowest BCUT2D eigenvalue weighted by Crippen LogP contribution is -2.15. The van der Waals surface area contributed by atoms with Crippen molar-refractivity contribution in [3.05, 3.63) is 86.7 Å². The molecule has 0 radical (unpaired) electrons. The van der Waals surface area contributed by atoms with Crippen LogP contribution in [0.25, 0.3) is 0 Å². The summed E-state index contributed by atoms with van der Waals surface area (Å²) in [5, 5.41) is 8.01. The topological polar surface area (TPSA) is 71.8 Å². The highest BCUT2D eigenvalue weighted by Crippen LogP contribution is 2.20. The summed E-state index contributed by atoms with van der Waals surface area (Å²) in [6.07, 6.45) is 2.01. The second-order valence-corrected chi connectivity index (χ2v) is 7.13. The summed E-state index contributed by atoms with van der Waals surface area (Å²) in [4.78, 5) is 12.0. The van der Waals surface area contributed by atoms with Crippen LogP contribution in [0.1, 0.15) is 44.0 Å². The number of primary amides is 1. The van der Waals surface area contributed by atoms with E-state index in [9.17, 15) is 4.79 Å². The van der Waals surface area contributed by atoms with Crippen LogP contribution in [0.5, 0.6) is 0 Å². The first-order chi connectivity index (χ1) is 12.4. The Hall–Kier alpha value is -2.59. The zero-order chi connectivity index (χ0) is 18.7. The molecule has 3 N–H and O–H groups in total. The normalized spacial score (nSPS) is 10.9. The number of benzene rings is 2. The Bertz CT molecular complexity index is 926. The first kappa shape index (κ1) is 18.2. The molecule has 0 unspecified atom stereocenters. The first-order valence-electron chi connectivity index (χ1n) is 8.60. The maximum atomic E-state index is 12.0. The third kappa shape index (κ3) is 4.33. The molecule has 0 spiro atoms. The van der Waals surface area contributed by atoms with Gasteiger partial charge in [0, 0.05) is 11.4 Å². The van der Waals surface area contributed by atoms with Crippen molar-refractivity contribution in [3.8, 4) is 0 Å². The molecule has 0 saturated carbocycles. The second-order valence-electron chi connectivity index (χ2n) is 6.69. The van der Waals surface area contributed by atoms with Crippen molar-refractivity contribution in [3.63, 3.8) is 0 Å². The van der Waals surface area contributed by atoms with Gasteiger partial charge in [-0.1, -0.05) is 53.1 Å². The number of carbonyl (C=O) groups excluding carboxylic acids is 1. The number of amides is 1. The molecule has 0 atom stereocenters. The van der Waals surface area contributed by atoms with Crippen LogP contribution in [0.3, 0.4) is 0 Å². The fourth-order valence-corrected chi connectivity index (χ4v) is 3.56. The van der Waals surface area contributed by atoms with Gasteiger partial charge in [-0.3, -0.25) is 9.89 Å². The lowest BCUT2D eigenvalue weighted by Gasteiger charge is -2.06. The molecule has 2 aromatic carbocycles. The summed E-state index contributed by atoms with van der Waals surface area (Å²) in [6.45, 7) is 4.17. The van der Waals surface area contributed by atoms with Gasteiger partial charge in [0.15, 0.2) is 0 Å². The van der Waals surface area contributed by atoms with E-state index in [1.807, 2.05) is 24.3 Å². The molecule has 0 aliphatic rings. The van der Waals surface area contributed by atoms with Gasteiger partial charge in [0.1, 0.15) is 0 Å². The Kier molecular flexibility index (Phi) is 5.43. The maximum Gasteiger partial charge on any atom is 0.252 e. The molecule has 134 valence electrons. The zero-order valence-corrected chi connectivity index (χ0v) is 15.7. The van der Waals surface area contributed by atoms with E-state index >= 15 is 0 Å². The predicted molar refractivity (Wildman–Crippen MR) is 105 cm³/mol. The third-order valence-electron chi connectivity index (χ3n) is 4.36. The van der Waals surface area contributed by atoms with E-state index in [2.05, 4.69) is 42.2 Å². The number of carbonyl (C=O) groups is 1. The average molecular weight is 368 g/mol. The molecule has 26 heavy (non-hydrogen) atoms. The number of aromatic nitrogens is 2. The number of aryl methyl sites for hydroxylation is 4. The Morgan fingerprint density at radius 3 is 2.46 bits per heavy atom. The Morgan fingerprint density at radius 2 is 1.81 bits per heavy atom. The van der Waals surface area contributed by atoms with Crippen molar-refractivity contribution in [2.75, 3.05) is 0 Å². The van der Waals surface area contributed by atoms with Crippen LogP contribution in [0.4, 0.5) is 0 Å². The Balaban J connectivity index is 1.81. The molecule has 1 amide bonds. The molecule has 4 nitrogen and oxygen atoms in total. The molecular formula is C21H22ClN3O. The van der Waals surface area contributed by atoms with Crippen molar-refractivity contribution in [2.24, 2.45) is 5.73 Å². The first-order valence-corrected chi connectivity index (χ1v) is 8.97. The molecule has 1 aromatic heterocycles. The Labute approximate surface area is 158 Å². The standard InChI is InChI=1S/C21H22ClN3O/c1-13-8-14(2)10-16(9-13)6-7-18-20(21(23)26)19(25-24-18)12-15-4-3-5-17(22)11-15/h3-5,8-11H,6-7,12H2,1-2H3,(H2,23,26)(H,24,25). The molecule has 3 rings (SSSR count). The van der Waals surface area contributed by atoms with Gasteiger partial charge in [0.25, 0.3) is 5.91 Å². The summed E-state index contributed by atoms with van der Waals surface area (Å²) in [5.74, 6) is -0.453. The minimum Gasteiger partial charge on any atom is -0.365 e. The molecule has 0 saturated heterocycles. The molecule has 1 heterocycles. The smallest absolute Gasteiger partial charge is 0.252 e. The number of nitrogens with zero attached hydrogens (tertiary/aromatic N) is 1. The van der Waals surface area contributed by atoms with Gasteiger partial charge in [-0.05, 0) is 49.9 Å². The largest absolute Gasteiger partial charge is 0.365 e. The quantitative estimate of drug-likeness (QED) is 0.686. The number of nitrogens with one attached hydrogen (secondary N) is 1. The van der Waals surface area contributed by atoms with Crippen LogP contribution in [0.15, 0.2) is 42.5 Å². The van der Waals surface area contributed by atoms with Crippen molar-refractivity contribution >= 4 is 17.5 Å². The molecule has 3 aromatic rings. The highest BCUT2D eigenvalue weighted by Gasteiger charge is 2.18. The average Bonchev–Trinajstić information content (AvgIpc) is 2.95. The maximum absolute atomic E-state index is 12.0. The summed E-state index contributed by atoms with van der Waals surface area (Å²) in [5.41, 5.74) is 12.3. The van der Waals surface area contributed by atoms with E-state index in [1.54, 1.807) is 0 Å². The fourth-order valence-electron chi connectivity index (χ4n) is 3.35. The minimum absolute atomic E-state index is 0.453. The van der Waals surface area contributed by atoms with E-state index in [1.165, 1.54) is 16.7 Å². The number of H-pyrrole nitrogens is 1. The van der Waals surface area contributed by atoms with Gasteiger partial charge in [-0.25, -0.2) is 0 Å². The third-order valence-corrected chi connectivity index (χ3v) is 4.60. The summed E-state index contributed by atoms with van der Waals surface area (Å²) < 4.78 is 0.